The highest BCUT2D eigenvalue weighted by molar-refractivity contribution is 6.04. The highest BCUT2D eigenvalue weighted by Gasteiger charge is 2.24. The lowest BCUT2D eigenvalue weighted by atomic mass is 9.84. The van der Waals surface area contributed by atoms with Gasteiger partial charge in [-0.05, 0) is 60.9 Å². The molecule has 0 bridgehead atoms. The van der Waals surface area contributed by atoms with Gasteiger partial charge in [0.2, 0.25) is 0 Å². The molecule has 1 aromatic heterocycles. The second-order valence-electron chi connectivity index (χ2n) is 8.60. The Kier molecular flexibility index (Phi) is 6.70. The zero-order valence-electron chi connectivity index (χ0n) is 17.7. The highest BCUT2D eigenvalue weighted by atomic mass is 16.4. The van der Waals surface area contributed by atoms with Crippen LogP contribution < -0.4 is 15.5 Å². The summed E-state index contributed by atoms with van der Waals surface area (Å²) in [6.45, 7) is 2.07. The van der Waals surface area contributed by atoms with Gasteiger partial charge in [-0.2, -0.15) is 0 Å². The summed E-state index contributed by atoms with van der Waals surface area (Å²) >= 11 is 0. The number of pyridine rings is 1. The Balaban J connectivity index is 1.30. The number of carbonyl (C=O) groups is 2. The van der Waals surface area contributed by atoms with E-state index in [1.807, 2.05) is 24.3 Å². The number of amides is 2. The molecule has 1 aliphatic heterocycles. The van der Waals surface area contributed by atoms with Gasteiger partial charge in [0.05, 0.1) is 11.9 Å². The zero-order chi connectivity index (χ0) is 21.6. The fraction of sp³-hybridized carbons (Fsp3) is 0.458. The van der Waals surface area contributed by atoms with Gasteiger partial charge in [-0.25, -0.2) is 9.78 Å². The molecule has 2 fully saturated rings. The molecule has 1 aromatic carbocycles. The summed E-state index contributed by atoms with van der Waals surface area (Å²) in [4.78, 5) is 29.9. The minimum atomic E-state index is -0.986. The smallest absolute Gasteiger partial charge is 0.404 e. The average Bonchev–Trinajstić information content (AvgIpc) is 3.28. The number of carbonyl (C=O) groups excluding carboxylic acids is 1. The van der Waals surface area contributed by atoms with Crippen LogP contribution in [0.2, 0.25) is 0 Å². The van der Waals surface area contributed by atoms with Crippen molar-refractivity contribution in [3.05, 3.63) is 53.7 Å². The Labute approximate surface area is 182 Å². The van der Waals surface area contributed by atoms with Crippen LogP contribution in [0.5, 0.6) is 0 Å². The maximum absolute atomic E-state index is 12.6. The van der Waals surface area contributed by atoms with Crippen molar-refractivity contribution in [1.29, 1.82) is 0 Å². The molecule has 164 valence electrons. The number of hydrogen-bond donors (Lipinski definition) is 3. The van der Waals surface area contributed by atoms with E-state index in [9.17, 15) is 9.59 Å². The van der Waals surface area contributed by atoms with Crippen molar-refractivity contribution in [3.8, 4) is 0 Å². The molecule has 7 nitrogen and oxygen atoms in total. The molecule has 1 aliphatic carbocycles. The van der Waals surface area contributed by atoms with E-state index in [0.29, 0.717) is 23.7 Å². The summed E-state index contributed by atoms with van der Waals surface area (Å²) in [5.74, 6) is 1.62. The Bertz CT molecular complexity index is 892. The van der Waals surface area contributed by atoms with Crippen molar-refractivity contribution in [2.75, 3.05) is 29.9 Å². The number of hydrogen-bond acceptors (Lipinski definition) is 4. The molecule has 1 atom stereocenters. The Morgan fingerprint density at radius 1 is 1.03 bits per heavy atom. The van der Waals surface area contributed by atoms with Crippen LogP contribution in [-0.2, 0) is 0 Å². The summed E-state index contributed by atoms with van der Waals surface area (Å²) in [5, 5.41) is 14.1. The van der Waals surface area contributed by atoms with E-state index in [-0.39, 0.29) is 11.8 Å². The number of carboxylic acid groups (broad SMARTS) is 1. The third-order valence-electron chi connectivity index (χ3n) is 6.41. The van der Waals surface area contributed by atoms with Crippen LogP contribution in [0.1, 0.15) is 60.4 Å². The molecule has 4 rings (SSSR count). The van der Waals surface area contributed by atoms with Crippen LogP contribution in [0.15, 0.2) is 42.6 Å². The SMILES string of the molecule is O=C(O)NCC1CCN(c2ccc(NC(=O)c3ccc(C4CCCCC4)cc3)cn2)C1. The summed E-state index contributed by atoms with van der Waals surface area (Å²) in [6, 6.07) is 11.8. The Morgan fingerprint density at radius 2 is 1.81 bits per heavy atom. The van der Waals surface area contributed by atoms with Gasteiger partial charge in [0, 0.05) is 25.2 Å². The van der Waals surface area contributed by atoms with Crippen LogP contribution in [0.25, 0.3) is 0 Å². The first-order chi connectivity index (χ1) is 15.1. The number of rotatable bonds is 6. The molecule has 2 aromatic rings. The van der Waals surface area contributed by atoms with Crippen molar-refractivity contribution in [1.82, 2.24) is 10.3 Å². The molecule has 2 aliphatic rings. The number of nitrogens with one attached hydrogen (secondary N) is 2. The first-order valence-electron chi connectivity index (χ1n) is 11.2. The standard InChI is InChI=1S/C24H30N4O3/c29-23(20-8-6-19(7-9-20)18-4-2-1-3-5-18)27-21-10-11-22(25-15-21)28-13-12-17(16-28)14-26-24(30)31/h6-11,15,17-18,26H,1-5,12-14,16H2,(H,27,29)(H,30,31). The van der Waals surface area contributed by atoms with Crippen molar-refractivity contribution in [3.63, 3.8) is 0 Å². The lowest BCUT2D eigenvalue weighted by molar-refractivity contribution is 0.102. The number of aromatic nitrogens is 1. The first-order valence-corrected chi connectivity index (χ1v) is 11.2. The number of nitrogens with zero attached hydrogens (tertiary/aromatic N) is 2. The predicted octanol–water partition coefficient (Wildman–Crippen LogP) is 4.48. The molecule has 1 saturated heterocycles. The van der Waals surface area contributed by atoms with Gasteiger partial charge in [-0.3, -0.25) is 4.79 Å². The van der Waals surface area contributed by atoms with Crippen LogP contribution in [0.4, 0.5) is 16.3 Å². The van der Waals surface area contributed by atoms with Gasteiger partial charge < -0.3 is 20.6 Å². The predicted molar refractivity (Wildman–Crippen MR) is 121 cm³/mol. The minimum absolute atomic E-state index is 0.134. The molecule has 2 heterocycles. The normalized spacial score (nSPS) is 19.2. The monoisotopic (exact) mass is 422 g/mol. The second-order valence-corrected chi connectivity index (χ2v) is 8.60. The molecule has 2 amide bonds. The fourth-order valence-corrected chi connectivity index (χ4v) is 4.63. The molecule has 7 heteroatoms. The van der Waals surface area contributed by atoms with E-state index >= 15 is 0 Å². The van der Waals surface area contributed by atoms with Gasteiger partial charge in [0.25, 0.3) is 5.91 Å². The van der Waals surface area contributed by atoms with Gasteiger partial charge in [0.15, 0.2) is 0 Å². The van der Waals surface area contributed by atoms with Crippen molar-refractivity contribution >= 4 is 23.5 Å². The molecule has 1 saturated carbocycles. The molecule has 0 spiro atoms. The Morgan fingerprint density at radius 3 is 2.48 bits per heavy atom. The van der Waals surface area contributed by atoms with Gasteiger partial charge in [0.1, 0.15) is 5.82 Å². The first kappa shape index (κ1) is 21.2. The van der Waals surface area contributed by atoms with E-state index in [4.69, 9.17) is 5.11 Å². The molecular formula is C24H30N4O3. The van der Waals surface area contributed by atoms with Crippen molar-refractivity contribution < 1.29 is 14.7 Å². The van der Waals surface area contributed by atoms with Crippen LogP contribution in [0.3, 0.4) is 0 Å². The lowest BCUT2D eigenvalue weighted by Crippen LogP contribution is -2.29. The van der Waals surface area contributed by atoms with E-state index in [1.54, 1.807) is 6.20 Å². The topological polar surface area (TPSA) is 94.6 Å². The van der Waals surface area contributed by atoms with Crippen molar-refractivity contribution in [2.45, 2.75) is 44.4 Å². The van der Waals surface area contributed by atoms with E-state index in [0.717, 1.165) is 25.3 Å². The number of anilines is 2. The Hall–Kier alpha value is -3.09. The van der Waals surface area contributed by atoms with Crippen LogP contribution >= 0.6 is 0 Å². The van der Waals surface area contributed by atoms with E-state index in [2.05, 4.69) is 32.7 Å². The maximum atomic E-state index is 12.6. The summed E-state index contributed by atoms with van der Waals surface area (Å²) in [5.41, 5.74) is 2.65. The summed E-state index contributed by atoms with van der Waals surface area (Å²) in [6.07, 6.45) is 8.04. The average molecular weight is 423 g/mol. The third-order valence-corrected chi connectivity index (χ3v) is 6.41. The molecule has 0 radical (unpaired) electrons. The number of benzene rings is 1. The van der Waals surface area contributed by atoms with Crippen molar-refractivity contribution in [2.24, 2.45) is 5.92 Å². The largest absolute Gasteiger partial charge is 0.465 e. The van der Waals surface area contributed by atoms with Gasteiger partial charge >= 0.3 is 6.09 Å². The lowest BCUT2D eigenvalue weighted by Gasteiger charge is -2.22. The zero-order valence-corrected chi connectivity index (χ0v) is 17.7. The van der Waals surface area contributed by atoms with E-state index < -0.39 is 6.09 Å². The maximum Gasteiger partial charge on any atom is 0.404 e. The van der Waals surface area contributed by atoms with E-state index in [1.165, 1.54) is 37.7 Å². The van der Waals surface area contributed by atoms with Gasteiger partial charge in [-0.1, -0.05) is 31.4 Å². The molecule has 31 heavy (non-hydrogen) atoms. The van der Waals surface area contributed by atoms with Crippen LogP contribution in [0, 0.1) is 5.92 Å². The van der Waals surface area contributed by atoms with Crippen LogP contribution in [-0.4, -0.2) is 41.7 Å². The minimum Gasteiger partial charge on any atom is -0.465 e. The quantitative estimate of drug-likeness (QED) is 0.638. The molecule has 1 unspecified atom stereocenters. The molecule has 3 N–H and O–H groups in total. The third kappa shape index (κ3) is 5.54. The highest BCUT2D eigenvalue weighted by Crippen LogP contribution is 2.32. The molecular weight excluding hydrogens is 392 g/mol. The summed E-state index contributed by atoms with van der Waals surface area (Å²) in [7, 11) is 0. The second kappa shape index (κ2) is 9.81. The summed E-state index contributed by atoms with van der Waals surface area (Å²) < 4.78 is 0. The van der Waals surface area contributed by atoms with Gasteiger partial charge in [-0.15, -0.1) is 0 Å². The fourth-order valence-electron chi connectivity index (χ4n) is 4.63.